The van der Waals surface area contributed by atoms with Crippen LogP contribution in [0.1, 0.15) is 6.92 Å². The fourth-order valence-corrected chi connectivity index (χ4v) is 1.17. The van der Waals surface area contributed by atoms with Crippen molar-refractivity contribution in [2.24, 2.45) is 5.90 Å². The van der Waals surface area contributed by atoms with Crippen molar-refractivity contribution < 1.29 is 39.1 Å². The molecule has 0 rings (SSSR count). The number of alkyl halides is 1. The second kappa shape index (κ2) is 5.95. The van der Waals surface area contributed by atoms with Crippen molar-refractivity contribution in [1.29, 1.82) is 0 Å². The molecule has 0 saturated heterocycles. The number of carbonyl (C=O) groups is 2. The summed E-state index contributed by atoms with van der Waals surface area (Å²) in [7, 11) is 0. The Hall–Kier alpha value is -0.630. The van der Waals surface area contributed by atoms with Crippen LogP contribution in [-0.4, -0.2) is 16.4 Å². The summed E-state index contributed by atoms with van der Waals surface area (Å²) in [6.45, 7) is 5.05. The molecule has 0 aromatic rings. The van der Waals surface area contributed by atoms with Crippen LogP contribution in [0.3, 0.4) is 0 Å². The molecule has 0 radical (unpaired) electrons. The van der Waals surface area contributed by atoms with Crippen molar-refractivity contribution in [1.82, 2.24) is 0 Å². The first-order chi connectivity index (χ1) is 5.63. The predicted molar refractivity (Wildman–Crippen MR) is 36.1 cm³/mol. The van der Waals surface area contributed by atoms with E-state index in [0.717, 1.165) is 4.43 Å². The molecule has 0 saturated carbocycles. The topological polar surface area (TPSA) is 78.6 Å². The van der Waals surface area contributed by atoms with E-state index in [2.05, 4.69) is 17.3 Å². The Bertz CT molecular complexity index is 204. The monoisotopic (exact) mass is 286 g/mol. The summed E-state index contributed by atoms with van der Waals surface area (Å²) < 4.78 is 5.48. The van der Waals surface area contributed by atoms with Gasteiger partial charge >= 0.3 is 80.5 Å². The molecule has 2 N–H and O–H groups in total. The second-order valence-electron chi connectivity index (χ2n) is 1.62. The standard InChI is InChI=1S/C6H9INO4/c1-3-7-11-5(9)4(2)6(10)12-8/h2-3,8H2,1H3/q-1. The van der Waals surface area contributed by atoms with Gasteiger partial charge in [0.05, 0.1) is 0 Å². The molecule has 0 bridgehead atoms. The summed E-state index contributed by atoms with van der Waals surface area (Å²) in [5.74, 6) is 2.82. The first-order valence-corrected chi connectivity index (χ1v) is 5.44. The molecule has 0 aromatic carbocycles. The van der Waals surface area contributed by atoms with Gasteiger partial charge in [-0.05, 0) is 0 Å². The number of rotatable bonds is 4. The predicted octanol–water partition coefficient (Wildman–Crippen LogP) is -3.47. The summed E-state index contributed by atoms with van der Waals surface area (Å²) in [5.41, 5.74) is -0.370. The van der Waals surface area contributed by atoms with Crippen LogP contribution in [0.25, 0.3) is 0 Å². The van der Waals surface area contributed by atoms with E-state index in [9.17, 15) is 9.59 Å². The quantitative estimate of drug-likeness (QED) is 0.145. The molecule has 0 atom stereocenters. The fraction of sp³-hybridized carbons (Fsp3) is 0.333. The van der Waals surface area contributed by atoms with Crippen LogP contribution in [0, 0.1) is 0 Å². The average molecular weight is 286 g/mol. The van der Waals surface area contributed by atoms with E-state index in [1.54, 1.807) is 0 Å². The Morgan fingerprint density at radius 3 is 2.50 bits per heavy atom. The zero-order chi connectivity index (χ0) is 9.56. The maximum atomic E-state index is 10.9. The van der Waals surface area contributed by atoms with Gasteiger partial charge in [0.1, 0.15) is 0 Å². The van der Waals surface area contributed by atoms with Crippen molar-refractivity contribution in [2.75, 3.05) is 4.43 Å². The van der Waals surface area contributed by atoms with Gasteiger partial charge < -0.3 is 0 Å². The van der Waals surface area contributed by atoms with Crippen LogP contribution in [0.4, 0.5) is 0 Å². The van der Waals surface area contributed by atoms with Crippen LogP contribution in [-0.2, 0) is 17.5 Å². The molecule has 70 valence electrons. The first kappa shape index (κ1) is 11.4. The Morgan fingerprint density at radius 2 is 2.08 bits per heavy atom. The van der Waals surface area contributed by atoms with E-state index in [1.807, 2.05) is 6.92 Å². The van der Waals surface area contributed by atoms with Gasteiger partial charge in [0.2, 0.25) is 0 Å². The van der Waals surface area contributed by atoms with E-state index >= 15 is 0 Å². The van der Waals surface area contributed by atoms with Crippen LogP contribution in [0.2, 0.25) is 0 Å². The van der Waals surface area contributed by atoms with Crippen molar-refractivity contribution in [3.05, 3.63) is 12.2 Å². The molecule has 0 unspecified atom stereocenters. The second-order valence-corrected chi connectivity index (χ2v) is 4.21. The fourth-order valence-electron chi connectivity index (χ4n) is 0.305. The van der Waals surface area contributed by atoms with E-state index in [-0.39, 0.29) is 5.57 Å². The third kappa shape index (κ3) is 3.67. The van der Waals surface area contributed by atoms with Crippen molar-refractivity contribution in [2.45, 2.75) is 6.92 Å². The van der Waals surface area contributed by atoms with Gasteiger partial charge in [-0.25, -0.2) is 0 Å². The van der Waals surface area contributed by atoms with Gasteiger partial charge in [-0.2, -0.15) is 0 Å². The van der Waals surface area contributed by atoms with Crippen molar-refractivity contribution in [3.8, 4) is 0 Å². The molecule has 0 amide bonds. The molecule has 0 aliphatic heterocycles. The van der Waals surface area contributed by atoms with E-state index in [1.165, 1.54) is 0 Å². The van der Waals surface area contributed by atoms with Crippen LogP contribution < -0.4 is 27.5 Å². The third-order valence-electron chi connectivity index (χ3n) is 0.834. The Labute approximate surface area is 80.7 Å². The molecule has 5 nitrogen and oxygen atoms in total. The van der Waals surface area contributed by atoms with Gasteiger partial charge in [-0.3, -0.25) is 0 Å². The van der Waals surface area contributed by atoms with Crippen LogP contribution in [0.5, 0.6) is 0 Å². The molecule has 0 aliphatic rings. The molecule has 0 spiro atoms. The normalized spacial score (nSPS) is 9.17. The Balaban J connectivity index is 3.93. The van der Waals surface area contributed by atoms with E-state index < -0.39 is 33.6 Å². The summed E-state index contributed by atoms with van der Waals surface area (Å²) in [6, 6.07) is 0. The van der Waals surface area contributed by atoms with Crippen molar-refractivity contribution in [3.63, 3.8) is 0 Å². The molecule has 0 fully saturated rings. The zero-order valence-corrected chi connectivity index (χ0v) is 8.66. The molecule has 12 heavy (non-hydrogen) atoms. The SMILES string of the molecule is C=C(C(=O)ON)C(=O)O[I-]CC. The summed E-state index contributed by atoms with van der Waals surface area (Å²) in [6.07, 6.45) is 0. The van der Waals surface area contributed by atoms with Gasteiger partial charge in [0.25, 0.3) is 0 Å². The number of halogens is 1. The Morgan fingerprint density at radius 1 is 1.50 bits per heavy atom. The number of hydrogen-bond donors (Lipinski definition) is 1. The molecule has 0 aromatic heterocycles. The Kier molecular flexibility index (Phi) is 5.64. The molecule has 0 aliphatic carbocycles. The first-order valence-electron chi connectivity index (χ1n) is 3.03. The van der Waals surface area contributed by atoms with Gasteiger partial charge in [-0.1, -0.05) is 0 Å². The minimum absolute atomic E-state index is 0.370. The number of carbonyl (C=O) groups excluding carboxylic acids is 2. The van der Waals surface area contributed by atoms with Gasteiger partial charge in [0, 0.05) is 0 Å². The minimum atomic E-state index is -0.958. The number of nitrogens with two attached hydrogens (primary N) is 1. The summed E-state index contributed by atoms with van der Waals surface area (Å²) in [5, 5.41) is 0. The van der Waals surface area contributed by atoms with Crippen LogP contribution >= 0.6 is 0 Å². The van der Waals surface area contributed by atoms with E-state index in [0.29, 0.717) is 0 Å². The third-order valence-corrected chi connectivity index (χ3v) is 2.17. The van der Waals surface area contributed by atoms with Gasteiger partial charge in [0.15, 0.2) is 0 Å². The molecular formula is C6H9INO4-. The molecule has 6 heteroatoms. The maximum absolute atomic E-state index is 10.9. The summed E-state index contributed by atoms with van der Waals surface area (Å²) >= 11 is -0.636. The summed E-state index contributed by atoms with van der Waals surface area (Å²) in [4.78, 5) is 25.2. The number of hydrogen-bond acceptors (Lipinski definition) is 5. The molecular weight excluding hydrogens is 277 g/mol. The van der Waals surface area contributed by atoms with E-state index in [4.69, 9.17) is 3.07 Å². The zero-order valence-electron chi connectivity index (χ0n) is 6.50. The average Bonchev–Trinajstić information content (AvgIpc) is 2.11. The van der Waals surface area contributed by atoms with Crippen molar-refractivity contribution >= 4 is 11.9 Å². The van der Waals surface area contributed by atoms with Gasteiger partial charge in [-0.15, -0.1) is 0 Å². The van der Waals surface area contributed by atoms with Crippen LogP contribution in [0.15, 0.2) is 12.2 Å². The molecule has 0 heterocycles.